The lowest BCUT2D eigenvalue weighted by molar-refractivity contribution is -0.116. The molecule has 13 heavy (non-hydrogen) atoms. The molecule has 0 bridgehead atoms. The quantitative estimate of drug-likeness (QED) is 0.711. The van der Waals surface area contributed by atoms with E-state index in [1.807, 2.05) is 18.2 Å². The standard InChI is InChI=1S/C10H10Cl2O/c1-7(13)10(12)6-8-4-2-3-5-9(8)11/h2-5,10H,6H2,1H3/t10-/m0/s1. The van der Waals surface area contributed by atoms with Crippen molar-refractivity contribution in [2.24, 2.45) is 0 Å². The van der Waals surface area contributed by atoms with E-state index in [1.54, 1.807) is 6.07 Å². The van der Waals surface area contributed by atoms with E-state index in [0.29, 0.717) is 11.4 Å². The van der Waals surface area contributed by atoms with Gasteiger partial charge in [0.25, 0.3) is 0 Å². The van der Waals surface area contributed by atoms with Gasteiger partial charge in [-0.05, 0) is 25.0 Å². The first-order chi connectivity index (χ1) is 6.11. The first kappa shape index (κ1) is 10.6. The largest absolute Gasteiger partial charge is 0.298 e. The average Bonchev–Trinajstić information content (AvgIpc) is 2.08. The van der Waals surface area contributed by atoms with Crippen molar-refractivity contribution in [2.45, 2.75) is 18.7 Å². The number of halogens is 2. The summed E-state index contributed by atoms with van der Waals surface area (Å²) >= 11 is 11.7. The Morgan fingerprint density at radius 2 is 2.08 bits per heavy atom. The third-order valence-corrected chi connectivity index (χ3v) is 2.63. The molecule has 0 fully saturated rings. The summed E-state index contributed by atoms with van der Waals surface area (Å²) in [5.41, 5.74) is 0.916. The van der Waals surface area contributed by atoms with Gasteiger partial charge in [-0.1, -0.05) is 29.8 Å². The summed E-state index contributed by atoms with van der Waals surface area (Å²) in [7, 11) is 0. The van der Waals surface area contributed by atoms with Gasteiger partial charge in [0.2, 0.25) is 0 Å². The lowest BCUT2D eigenvalue weighted by atomic mass is 10.1. The summed E-state index contributed by atoms with van der Waals surface area (Å²) in [4.78, 5) is 10.9. The van der Waals surface area contributed by atoms with Crippen LogP contribution in [0.25, 0.3) is 0 Å². The van der Waals surface area contributed by atoms with Gasteiger partial charge < -0.3 is 0 Å². The van der Waals surface area contributed by atoms with Gasteiger partial charge in [0.1, 0.15) is 5.78 Å². The maximum absolute atomic E-state index is 10.9. The highest BCUT2D eigenvalue weighted by Crippen LogP contribution is 2.18. The predicted molar refractivity (Wildman–Crippen MR) is 55.5 cm³/mol. The van der Waals surface area contributed by atoms with Gasteiger partial charge in [-0.2, -0.15) is 0 Å². The number of ketones is 1. The summed E-state index contributed by atoms with van der Waals surface area (Å²) in [5.74, 6) is -0.0263. The second-order valence-corrected chi connectivity index (χ2v) is 3.81. The van der Waals surface area contributed by atoms with Gasteiger partial charge >= 0.3 is 0 Å². The third-order valence-electron chi connectivity index (χ3n) is 1.80. The zero-order chi connectivity index (χ0) is 9.84. The van der Waals surface area contributed by atoms with Gasteiger partial charge in [-0.3, -0.25) is 4.79 Å². The molecule has 0 saturated carbocycles. The molecule has 0 radical (unpaired) electrons. The van der Waals surface area contributed by atoms with Crippen LogP contribution in [0.3, 0.4) is 0 Å². The zero-order valence-electron chi connectivity index (χ0n) is 7.26. The number of benzene rings is 1. The van der Waals surface area contributed by atoms with E-state index in [-0.39, 0.29) is 5.78 Å². The molecular weight excluding hydrogens is 207 g/mol. The molecule has 0 heterocycles. The maximum Gasteiger partial charge on any atom is 0.147 e. The van der Waals surface area contributed by atoms with E-state index < -0.39 is 5.38 Å². The fourth-order valence-electron chi connectivity index (χ4n) is 1.00. The first-order valence-electron chi connectivity index (χ1n) is 3.99. The Morgan fingerprint density at radius 3 is 2.62 bits per heavy atom. The summed E-state index contributed by atoms with van der Waals surface area (Å²) in [6.07, 6.45) is 0.497. The Labute approximate surface area is 87.7 Å². The van der Waals surface area contributed by atoms with Crippen molar-refractivity contribution in [3.8, 4) is 0 Å². The fourth-order valence-corrected chi connectivity index (χ4v) is 1.38. The van der Waals surface area contributed by atoms with E-state index >= 15 is 0 Å². The minimum atomic E-state index is -0.472. The maximum atomic E-state index is 10.9. The highest BCUT2D eigenvalue weighted by Gasteiger charge is 2.12. The molecular formula is C10H10Cl2O. The molecule has 1 atom stereocenters. The lowest BCUT2D eigenvalue weighted by Crippen LogP contribution is -2.13. The molecule has 0 unspecified atom stereocenters. The summed E-state index contributed by atoms with van der Waals surface area (Å²) in [6, 6.07) is 7.40. The highest BCUT2D eigenvalue weighted by molar-refractivity contribution is 6.32. The lowest BCUT2D eigenvalue weighted by Gasteiger charge is -2.06. The number of alkyl halides is 1. The highest BCUT2D eigenvalue weighted by atomic mass is 35.5. The van der Waals surface area contributed by atoms with Crippen LogP contribution in [0.15, 0.2) is 24.3 Å². The van der Waals surface area contributed by atoms with Gasteiger partial charge in [0, 0.05) is 5.02 Å². The van der Waals surface area contributed by atoms with Crippen LogP contribution in [0.2, 0.25) is 5.02 Å². The third kappa shape index (κ3) is 3.02. The van der Waals surface area contributed by atoms with Crippen LogP contribution < -0.4 is 0 Å². The van der Waals surface area contributed by atoms with Crippen LogP contribution in [-0.2, 0) is 11.2 Å². The molecule has 1 aromatic carbocycles. The van der Waals surface area contributed by atoms with Crippen molar-refractivity contribution in [2.75, 3.05) is 0 Å². The Hall–Kier alpha value is -0.530. The van der Waals surface area contributed by atoms with Crippen molar-refractivity contribution in [3.05, 3.63) is 34.9 Å². The zero-order valence-corrected chi connectivity index (χ0v) is 8.77. The van der Waals surface area contributed by atoms with E-state index in [4.69, 9.17) is 23.2 Å². The van der Waals surface area contributed by atoms with Crippen molar-refractivity contribution in [1.29, 1.82) is 0 Å². The van der Waals surface area contributed by atoms with E-state index in [0.717, 1.165) is 5.56 Å². The molecule has 0 saturated heterocycles. The molecule has 0 spiro atoms. The Bertz CT molecular complexity index is 310. The number of carbonyl (C=O) groups excluding carboxylic acids is 1. The van der Waals surface area contributed by atoms with Crippen LogP contribution in [-0.4, -0.2) is 11.2 Å². The number of carbonyl (C=O) groups is 1. The van der Waals surface area contributed by atoms with Gasteiger partial charge in [-0.15, -0.1) is 11.6 Å². The topological polar surface area (TPSA) is 17.1 Å². The van der Waals surface area contributed by atoms with Crippen molar-refractivity contribution < 1.29 is 4.79 Å². The molecule has 0 aliphatic rings. The molecule has 0 amide bonds. The average molecular weight is 217 g/mol. The summed E-state index contributed by atoms with van der Waals surface area (Å²) < 4.78 is 0. The Kier molecular flexibility index (Phi) is 3.76. The van der Waals surface area contributed by atoms with Crippen LogP contribution in [0, 0.1) is 0 Å². The molecule has 70 valence electrons. The van der Waals surface area contributed by atoms with Crippen molar-refractivity contribution >= 4 is 29.0 Å². The minimum Gasteiger partial charge on any atom is -0.298 e. The molecule has 3 heteroatoms. The van der Waals surface area contributed by atoms with Crippen LogP contribution >= 0.6 is 23.2 Å². The summed E-state index contributed by atoms with van der Waals surface area (Å²) in [6.45, 7) is 1.48. The van der Waals surface area contributed by atoms with Gasteiger partial charge in [-0.25, -0.2) is 0 Å². The minimum absolute atomic E-state index is 0.0263. The Morgan fingerprint density at radius 1 is 1.46 bits per heavy atom. The summed E-state index contributed by atoms with van der Waals surface area (Å²) in [5, 5.41) is 0.189. The Balaban J connectivity index is 2.74. The molecule has 0 aliphatic carbocycles. The van der Waals surface area contributed by atoms with Gasteiger partial charge in [0.15, 0.2) is 0 Å². The van der Waals surface area contributed by atoms with E-state index in [2.05, 4.69) is 0 Å². The molecule has 0 N–H and O–H groups in total. The molecule has 1 rings (SSSR count). The van der Waals surface area contributed by atoms with E-state index in [9.17, 15) is 4.79 Å². The van der Waals surface area contributed by atoms with Crippen molar-refractivity contribution in [3.63, 3.8) is 0 Å². The predicted octanol–water partition coefficient (Wildman–Crippen LogP) is 3.08. The molecule has 1 aromatic rings. The van der Waals surface area contributed by atoms with E-state index in [1.165, 1.54) is 6.92 Å². The number of rotatable bonds is 3. The van der Waals surface area contributed by atoms with Crippen LogP contribution in [0.1, 0.15) is 12.5 Å². The smallest absolute Gasteiger partial charge is 0.147 e. The monoisotopic (exact) mass is 216 g/mol. The molecule has 1 nitrogen and oxygen atoms in total. The second kappa shape index (κ2) is 4.64. The van der Waals surface area contributed by atoms with Crippen LogP contribution in [0.5, 0.6) is 0 Å². The number of hydrogen-bond acceptors (Lipinski definition) is 1. The second-order valence-electron chi connectivity index (χ2n) is 2.87. The van der Waals surface area contributed by atoms with Gasteiger partial charge in [0.05, 0.1) is 5.38 Å². The number of Topliss-reactive ketones (excluding diaryl/α,β-unsaturated/α-hetero) is 1. The molecule has 0 aromatic heterocycles. The van der Waals surface area contributed by atoms with Crippen LogP contribution in [0.4, 0.5) is 0 Å². The normalized spacial score (nSPS) is 12.5. The fraction of sp³-hybridized carbons (Fsp3) is 0.300. The molecule has 0 aliphatic heterocycles. The SMILES string of the molecule is CC(=O)[C@@H](Cl)Cc1ccccc1Cl. The first-order valence-corrected chi connectivity index (χ1v) is 4.80. The number of hydrogen-bond donors (Lipinski definition) is 0. The van der Waals surface area contributed by atoms with Crippen molar-refractivity contribution in [1.82, 2.24) is 0 Å².